The van der Waals surface area contributed by atoms with Gasteiger partial charge in [-0.3, -0.25) is 5.01 Å². The lowest BCUT2D eigenvalue weighted by molar-refractivity contribution is 0.150. The maximum atomic E-state index is 10.4. The van der Waals surface area contributed by atoms with Crippen LogP contribution in [0.1, 0.15) is 23.1 Å². The maximum absolute atomic E-state index is 10.4. The molecule has 2 N–H and O–H groups in total. The van der Waals surface area contributed by atoms with Crippen LogP contribution in [0.2, 0.25) is 5.02 Å². The molecular formula is C14H14ClN3O2. The normalized spacial score (nSPS) is 28.2. The first kappa shape index (κ1) is 13.4. The standard InChI is InChI=1S/C14H14ClN3O2/c1-7-10(3-2-8(5-16)12(7)15)13-14(20)11-4-9(19)6-18(11)17-13/h2-3,9,11,14,19-20H,4,6H2,1H3/t9-,11+,14+/m1/s1. The van der Waals surface area contributed by atoms with Gasteiger partial charge in [-0.15, -0.1) is 0 Å². The highest BCUT2D eigenvalue weighted by Crippen LogP contribution is 2.32. The van der Waals surface area contributed by atoms with Crippen LogP contribution in [0, 0.1) is 18.3 Å². The summed E-state index contributed by atoms with van der Waals surface area (Å²) in [6, 6.07) is 5.26. The molecule has 0 aliphatic carbocycles. The Balaban J connectivity index is 2.01. The lowest BCUT2D eigenvalue weighted by Crippen LogP contribution is -2.33. The van der Waals surface area contributed by atoms with Gasteiger partial charge in [-0.2, -0.15) is 10.4 Å². The molecule has 3 rings (SSSR count). The Morgan fingerprint density at radius 3 is 2.85 bits per heavy atom. The molecule has 0 saturated carbocycles. The van der Waals surface area contributed by atoms with Gasteiger partial charge in [0.15, 0.2) is 0 Å². The van der Waals surface area contributed by atoms with E-state index in [0.717, 1.165) is 11.1 Å². The van der Waals surface area contributed by atoms with Crippen molar-refractivity contribution in [2.75, 3.05) is 6.54 Å². The fraction of sp³-hybridized carbons (Fsp3) is 0.429. The maximum Gasteiger partial charge on any atom is 0.120 e. The molecule has 1 fully saturated rings. The van der Waals surface area contributed by atoms with Gasteiger partial charge >= 0.3 is 0 Å². The Kier molecular flexibility index (Phi) is 3.17. The third kappa shape index (κ3) is 1.88. The van der Waals surface area contributed by atoms with Crippen molar-refractivity contribution >= 4 is 17.3 Å². The topological polar surface area (TPSA) is 79.8 Å². The molecular weight excluding hydrogens is 278 g/mol. The summed E-state index contributed by atoms with van der Waals surface area (Å²) in [5.41, 5.74) is 2.47. The molecule has 0 amide bonds. The highest BCUT2D eigenvalue weighted by atomic mass is 35.5. The van der Waals surface area contributed by atoms with Gasteiger partial charge in [0.25, 0.3) is 0 Å². The average Bonchev–Trinajstić information content (AvgIpc) is 2.92. The molecule has 0 radical (unpaired) electrons. The zero-order chi connectivity index (χ0) is 14.4. The number of benzene rings is 1. The van der Waals surface area contributed by atoms with Crippen molar-refractivity contribution in [2.24, 2.45) is 5.10 Å². The molecule has 0 aromatic heterocycles. The van der Waals surface area contributed by atoms with Crippen molar-refractivity contribution in [2.45, 2.75) is 31.6 Å². The van der Waals surface area contributed by atoms with Crippen LogP contribution in [-0.2, 0) is 0 Å². The fourth-order valence-corrected chi connectivity index (χ4v) is 3.08. The van der Waals surface area contributed by atoms with Gasteiger partial charge in [0, 0.05) is 12.0 Å². The molecule has 2 aliphatic rings. The first-order chi connectivity index (χ1) is 9.52. The van der Waals surface area contributed by atoms with Crippen molar-refractivity contribution in [3.05, 3.63) is 33.8 Å². The average molecular weight is 292 g/mol. The Bertz CT molecular complexity index is 638. The number of hydrazone groups is 1. The number of aliphatic hydroxyl groups excluding tert-OH is 2. The number of aliphatic hydroxyl groups is 2. The number of nitrogens with zero attached hydrogens (tertiary/aromatic N) is 3. The zero-order valence-electron chi connectivity index (χ0n) is 10.9. The number of fused-ring (bicyclic) bond motifs is 1. The quantitative estimate of drug-likeness (QED) is 0.810. The summed E-state index contributed by atoms with van der Waals surface area (Å²) < 4.78 is 0. The van der Waals surface area contributed by atoms with Crippen molar-refractivity contribution in [1.82, 2.24) is 5.01 Å². The van der Waals surface area contributed by atoms with E-state index in [1.54, 1.807) is 17.1 Å². The van der Waals surface area contributed by atoms with Crippen molar-refractivity contribution in [3.63, 3.8) is 0 Å². The lowest BCUT2D eigenvalue weighted by atomic mass is 9.95. The van der Waals surface area contributed by atoms with Crippen LogP contribution in [0.4, 0.5) is 0 Å². The second-order valence-corrected chi connectivity index (χ2v) is 5.60. The van der Waals surface area contributed by atoms with E-state index in [1.807, 2.05) is 13.0 Å². The molecule has 1 aromatic rings. The number of nitriles is 1. The second kappa shape index (κ2) is 4.74. The van der Waals surface area contributed by atoms with Gasteiger partial charge in [0.1, 0.15) is 12.2 Å². The van der Waals surface area contributed by atoms with Crippen LogP contribution in [0.5, 0.6) is 0 Å². The summed E-state index contributed by atoms with van der Waals surface area (Å²) in [5.74, 6) is 0. The van der Waals surface area contributed by atoms with Crippen LogP contribution in [0.15, 0.2) is 17.2 Å². The SMILES string of the molecule is Cc1c(C2=NN3C[C@H](O)C[C@H]3[C@@H]2O)ccc(C#N)c1Cl. The lowest BCUT2D eigenvalue weighted by Gasteiger charge is -2.16. The highest BCUT2D eigenvalue weighted by Gasteiger charge is 2.43. The van der Waals surface area contributed by atoms with Gasteiger partial charge in [0.05, 0.1) is 35.0 Å². The summed E-state index contributed by atoms with van der Waals surface area (Å²) in [7, 11) is 0. The third-order valence-electron chi connectivity index (χ3n) is 3.96. The molecule has 3 atom stereocenters. The molecule has 1 saturated heterocycles. The minimum absolute atomic E-state index is 0.172. The van der Waals surface area contributed by atoms with Crippen molar-refractivity contribution in [3.8, 4) is 6.07 Å². The first-order valence-electron chi connectivity index (χ1n) is 6.43. The summed E-state index contributed by atoms with van der Waals surface area (Å²) in [4.78, 5) is 0. The molecule has 20 heavy (non-hydrogen) atoms. The van der Waals surface area contributed by atoms with Crippen LogP contribution >= 0.6 is 11.6 Å². The molecule has 104 valence electrons. The number of hydrogen-bond donors (Lipinski definition) is 2. The Morgan fingerprint density at radius 1 is 1.45 bits per heavy atom. The first-order valence-corrected chi connectivity index (χ1v) is 6.81. The van der Waals surface area contributed by atoms with E-state index >= 15 is 0 Å². The van der Waals surface area contributed by atoms with Crippen LogP contribution < -0.4 is 0 Å². The Labute approximate surface area is 121 Å². The van der Waals surface area contributed by atoms with E-state index < -0.39 is 12.2 Å². The van der Waals surface area contributed by atoms with Gasteiger partial charge in [-0.1, -0.05) is 17.7 Å². The van der Waals surface area contributed by atoms with E-state index in [4.69, 9.17) is 16.9 Å². The predicted octanol–water partition coefficient (Wildman–Crippen LogP) is 1.03. The van der Waals surface area contributed by atoms with Crippen LogP contribution in [-0.4, -0.2) is 45.7 Å². The smallest absolute Gasteiger partial charge is 0.120 e. The minimum atomic E-state index is -0.741. The van der Waals surface area contributed by atoms with Gasteiger partial charge in [-0.25, -0.2) is 0 Å². The van der Waals surface area contributed by atoms with E-state index in [0.29, 0.717) is 29.3 Å². The monoisotopic (exact) mass is 291 g/mol. The summed E-state index contributed by atoms with van der Waals surface area (Å²) in [5, 5.41) is 35.5. The van der Waals surface area contributed by atoms with Crippen LogP contribution in [0.25, 0.3) is 0 Å². The fourth-order valence-electron chi connectivity index (χ4n) is 2.88. The number of hydrogen-bond acceptors (Lipinski definition) is 5. The molecule has 6 heteroatoms. The Morgan fingerprint density at radius 2 is 2.20 bits per heavy atom. The van der Waals surface area contributed by atoms with Crippen LogP contribution in [0.3, 0.4) is 0 Å². The van der Waals surface area contributed by atoms with Crippen molar-refractivity contribution in [1.29, 1.82) is 5.26 Å². The highest BCUT2D eigenvalue weighted by molar-refractivity contribution is 6.33. The Hall–Kier alpha value is -1.61. The molecule has 0 bridgehead atoms. The zero-order valence-corrected chi connectivity index (χ0v) is 11.7. The second-order valence-electron chi connectivity index (χ2n) is 5.22. The summed E-state index contributed by atoms with van der Waals surface area (Å²) in [6.07, 6.45) is -0.669. The minimum Gasteiger partial charge on any atom is -0.391 e. The molecule has 1 aromatic carbocycles. The molecule has 2 heterocycles. The van der Waals surface area contributed by atoms with Gasteiger partial charge in [0.2, 0.25) is 0 Å². The van der Waals surface area contributed by atoms with E-state index in [2.05, 4.69) is 5.10 Å². The summed E-state index contributed by atoms with van der Waals surface area (Å²) >= 11 is 6.16. The van der Waals surface area contributed by atoms with Crippen molar-refractivity contribution < 1.29 is 10.2 Å². The third-order valence-corrected chi connectivity index (χ3v) is 4.44. The summed E-state index contributed by atoms with van der Waals surface area (Å²) in [6.45, 7) is 2.25. The van der Waals surface area contributed by atoms with E-state index in [-0.39, 0.29) is 6.04 Å². The molecule has 0 spiro atoms. The van der Waals surface area contributed by atoms with Gasteiger partial charge < -0.3 is 10.2 Å². The van der Waals surface area contributed by atoms with E-state index in [1.165, 1.54) is 0 Å². The molecule has 2 aliphatic heterocycles. The van der Waals surface area contributed by atoms with E-state index in [9.17, 15) is 10.2 Å². The van der Waals surface area contributed by atoms with Gasteiger partial charge in [-0.05, 0) is 18.6 Å². The molecule has 0 unspecified atom stereocenters. The largest absolute Gasteiger partial charge is 0.391 e. The number of halogens is 1. The number of rotatable bonds is 1. The predicted molar refractivity (Wildman–Crippen MR) is 74.6 cm³/mol. The molecule has 5 nitrogen and oxygen atoms in total.